The molecular formula is C23H29ClN2O2S. The van der Waals surface area contributed by atoms with Gasteiger partial charge in [-0.05, 0) is 70.0 Å². The van der Waals surface area contributed by atoms with Crippen molar-refractivity contribution in [3.63, 3.8) is 0 Å². The number of hydrogen-bond donors (Lipinski definition) is 1. The molecule has 0 bridgehead atoms. The highest BCUT2D eigenvalue weighted by Gasteiger charge is 2.28. The van der Waals surface area contributed by atoms with Gasteiger partial charge in [0.1, 0.15) is 6.04 Å². The molecule has 0 aliphatic carbocycles. The van der Waals surface area contributed by atoms with Crippen LogP contribution in [0, 0.1) is 6.92 Å². The largest absolute Gasteiger partial charge is 0.350 e. The Hall–Kier alpha value is -1.98. The fourth-order valence-corrected chi connectivity index (χ4v) is 3.70. The molecule has 2 aromatic carbocycles. The summed E-state index contributed by atoms with van der Waals surface area (Å²) in [5, 5.41) is 3.64. The lowest BCUT2D eigenvalue weighted by atomic mass is 10.1. The molecule has 0 heterocycles. The lowest BCUT2D eigenvalue weighted by Gasteiger charge is -2.31. The summed E-state index contributed by atoms with van der Waals surface area (Å²) in [6, 6.07) is 14.7. The normalized spacial score (nSPS) is 12.3. The molecule has 0 saturated heterocycles. The van der Waals surface area contributed by atoms with Crippen LogP contribution in [0.25, 0.3) is 0 Å². The lowest BCUT2D eigenvalue weighted by Crippen LogP contribution is -2.52. The third kappa shape index (κ3) is 7.41. The van der Waals surface area contributed by atoms with E-state index >= 15 is 0 Å². The molecule has 0 aliphatic heterocycles. The summed E-state index contributed by atoms with van der Waals surface area (Å²) in [5.74, 6) is 0.0152. The number of thioether (sulfide) groups is 1. The van der Waals surface area contributed by atoms with Crippen molar-refractivity contribution < 1.29 is 9.59 Å². The molecule has 0 radical (unpaired) electrons. The van der Waals surface area contributed by atoms with Crippen LogP contribution in [0.1, 0.15) is 38.8 Å². The number of hydrogen-bond acceptors (Lipinski definition) is 3. The van der Waals surface area contributed by atoms with E-state index < -0.39 is 6.04 Å². The molecule has 0 spiro atoms. The lowest BCUT2D eigenvalue weighted by molar-refractivity contribution is -0.139. The maximum absolute atomic E-state index is 13.1. The van der Waals surface area contributed by atoms with Crippen molar-refractivity contribution >= 4 is 35.2 Å². The summed E-state index contributed by atoms with van der Waals surface area (Å²) in [6.07, 6.45) is 0. The molecule has 29 heavy (non-hydrogen) atoms. The van der Waals surface area contributed by atoms with Crippen molar-refractivity contribution in [3.05, 3.63) is 64.7 Å². The van der Waals surface area contributed by atoms with Gasteiger partial charge in [0.15, 0.2) is 0 Å². The van der Waals surface area contributed by atoms with Crippen molar-refractivity contribution in [1.82, 2.24) is 10.2 Å². The SMILES string of the molecule is Cc1ccccc1CN(C(=O)CSc1ccc(Cl)cc1)[C@H](C)C(=O)NC(C)(C)C. The second kappa shape index (κ2) is 10.2. The first-order valence-electron chi connectivity index (χ1n) is 9.61. The Morgan fingerprint density at radius 1 is 1.10 bits per heavy atom. The van der Waals surface area contributed by atoms with Gasteiger partial charge in [0.25, 0.3) is 0 Å². The first-order chi connectivity index (χ1) is 13.6. The Morgan fingerprint density at radius 3 is 2.31 bits per heavy atom. The maximum atomic E-state index is 13.1. The van der Waals surface area contributed by atoms with Crippen LogP contribution in [-0.4, -0.2) is 34.0 Å². The van der Waals surface area contributed by atoms with Gasteiger partial charge in [0.05, 0.1) is 5.75 Å². The van der Waals surface area contributed by atoms with Gasteiger partial charge >= 0.3 is 0 Å². The average Bonchev–Trinajstić information content (AvgIpc) is 2.65. The van der Waals surface area contributed by atoms with Crippen molar-refractivity contribution in [1.29, 1.82) is 0 Å². The van der Waals surface area contributed by atoms with Crippen molar-refractivity contribution in [2.75, 3.05) is 5.75 Å². The number of carbonyl (C=O) groups excluding carboxylic acids is 2. The van der Waals surface area contributed by atoms with Gasteiger partial charge in [-0.25, -0.2) is 0 Å². The van der Waals surface area contributed by atoms with Crippen LogP contribution in [0.2, 0.25) is 5.02 Å². The number of rotatable bonds is 7. The quantitative estimate of drug-likeness (QED) is 0.621. The number of amides is 2. The van der Waals surface area contributed by atoms with Crippen LogP contribution in [0.4, 0.5) is 0 Å². The zero-order chi connectivity index (χ0) is 21.6. The molecule has 1 N–H and O–H groups in total. The van der Waals surface area contributed by atoms with Gasteiger partial charge in [0.2, 0.25) is 11.8 Å². The van der Waals surface area contributed by atoms with Gasteiger partial charge in [-0.15, -0.1) is 11.8 Å². The first-order valence-corrected chi connectivity index (χ1v) is 11.0. The maximum Gasteiger partial charge on any atom is 0.242 e. The van der Waals surface area contributed by atoms with Gasteiger partial charge in [0, 0.05) is 22.0 Å². The topological polar surface area (TPSA) is 49.4 Å². The fraction of sp³-hybridized carbons (Fsp3) is 0.391. The van der Waals surface area contributed by atoms with Crippen LogP contribution >= 0.6 is 23.4 Å². The van der Waals surface area contributed by atoms with Crippen LogP contribution < -0.4 is 5.32 Å². The summed E-state index contributed by atoms with van der Waals surface area (Å²) in [7, 11) is 0. The van der Waals surface area contributed by atoms with Crippen LogP contribution in [0.15, 0.2) is 53.4 Å². The molecule has 2 rings (SSSR count). The molecule has 0 unspecified atom stereocenters. The number of benzene rings is 2. The predicted molar refractivity (Wildman–Crippen MR) is 121 cm³/mol. The Morgan fingerprint density at radius 2 is 1.72 bits per heavy atom. The number of nitrogens with one attached hydrogen (secondary N) is 1. The Kier molecular flexibility index (Phi) is 8.17. The summed E-state index contributed by atoms with van der Waals surface area (Å²) in [4.78, 5) is 28.5. The van der Waals surface area contributed by atoms with E-state index in [4.69, 9.17) is 11.6 Å². The third-order valence-corrected chi connectivity index (χ3v) is 5.69. The minimum absolute atomic E-state index is 0.0789. The van der Waals surface area contributed by atoms with E-state index in [1.807, 2.05) is 64.1 Å². The highest BCUT2D eigenvalue weighted by atomic mass is 35.5. The van der Waals surface area contributed by atoms with Gasteiger partial charge in [-0.2, -0.15) is 0 Å². The summed E-state index contributed by atoms with van der Waals surface area (Å²) in [5.41, 5.74) is 1.77. The summed E-state index contributed by atoms with van der Waals surface area (Å²) < 4.78 is 0. The predicted octanol–water partition coefficient (Wildman–Crippen LogP) is 5.07. The Balaban J connectivity index is 2.18. The van der Waals surface area contributed by atoms with E-state index in [1.54, 1.807) is 24.0 Å². The molecule has 156 valence electrons. The minimum Gasteiger partial charge on any atom is -0.350 e. The molecule has 0 aromatic heterocycles. The van der Waals surface area contributed by atoms with E-state index in [-0.39, 0.29) is 23.1 Å². The molecule has 4 nitrogen and oxygen atoms in total. The monoisotopic (exact) mass is 432 g/mol. The van der Waals surface area contributed by atoms with E-state index in [0.29, 0.717) is 11.6 Å². The third-order valence-electron chi connectivity index (χ3n) is 4.44. The highest BCUT2D eigenvalue weighted by molar-refractivity contribution is 8.00. The molecular weight excluding hydrogens is 404 g/mol. The zero-order valence-corrected chi connectivity index (χ0v) is 19.2. The minimum atomic E-state index is -0.577. The van der Waals surface area contributed by atoms with E-state index in [9.17, 15) is 9.59 Å². The molecule has 2 amide bonds. The second-order valence-corrected chi connectivity index (χ2v) is 9.59. The molecule has 2 aromatic rings. The standard InChI is InChI=1S/C23H29ClN2O2S/c1-16-8-6-7-9-18(16)14-26(17(2)22(28)25-23(3,4)5)21(27)15-29-20-12-10-19(24)11-13-20/h6-13,17H,14-15H2,1-5H3,(H,25,28)/t17-/m1/s1. The van der Waals surface area contributed by atoms with Gasteiger partial charge in [-0.3, -0.25) is 9.59 Å². The first kappa shape index (κ1) is 23.3. The van der Waals surface area contributed by atoms with Crippen molar-refractivity contribution in [3.8, 4) is 0 Å². The van der Waals surface area contributed by atoms with Gasteiger partial charge < -0.3 is 10.2 Å². The second-order valence-electron chi connectivity index (χ2n) is 8.11. The number of nitrogens with zero attached hydrogens (tertiary/aromatic N) is 1. The molecule has 1 atom stereocenters. The van der Waals surface area contributed by atoms with Gasteiger partial charge in [-0.1, -0.05) is 35.9 Å². The number of halogens is 1. The number of aryl methyl sites for hydroxylation is 1. The molecule has 0 aliphatic rings. The summed E-state index contributed by atoms with van der Waals surface area (Å²) in [6.45, 7) is 9.99. The molecule has 6 heteroatoms. The Bertz CT molecular complexity index is 847. The van der Waals surface area contributed by atoms with Crippen molar-refractivity contribution in [2.45, 2.75) is 57.6 Å². The van der Waals surface area contributed by atoms with E-state index in [1.165, 1.54) is 11.8 Å². The number of carbonyl (C=O) groups is 2. The van der Waals surface area contributed by atoms with E-state index in [0.717, 1.165) is 16.0 Å². The van der Waals surface area contributed by atoms with Crippen molar-refractivity contribution in [2.24, 2.45) is 0 Å². The molecule has 0 fully saturated rings. The average molecular weight is 433 g/mol. The Labute approximate surface area is 183 Å². The van der Waals surface area contributed by atoms with Crippen LogP contribution in [0.5, 0.6) is 0 Å². The van der Waals surface area contributed by atoms with Crippen LogP contribution in [0.3, 0.4) is 0 Å². The van der Waals surface area contributed by atoms with Crippen LogP contribution in [-0.2, 0) is 16.1 Å². The highest BCUT2D eigenvalue weighted by Crippen LogP contribution is 2.22. The fourth-order valence-electron chi connectivity index (χ4n) is 2.79. The zero-order valence-electron chi connectivity index (χ0n) is 17.7. The smallest absolute Gasteiger partial charge is 0.242 e. The summed E-state index contributed by atoms with van der Waals surface area (Å²) >= 11 is 7.37. The van der Waals surface area contributed by atoms with E-state index in [2.05, 4.69) is 5.32 Å². The molecule has 0 saturated carbocycles.